The lowest BCUT2D eigenvalue weighted by molar-refractivity contribution is 0.700. The Kier molecular flexibility index (Phi) is 2.90. The zero-order valence-corrected chi connectivity index (χ0v) is 12.6. The lowest BCUT2D eigenvalue weighted by atomic mass is 9.97. The van der Waals surface area contributed by atoms with Crippen molar-refractivity contribution in [1.82, 2.24) is 19.5 Å². The molecule has 0 unspecified atom stereocenters. The van der Waals surface area contributed by atoms with E-state index in [1.807, 2.05) is 11.6 Å². The first-order valence-corrected chi connectivity index (χ1v) is 7.85. The SMILES string of the molecule is Cn1cncc1-c1nc(NN)c2c3c(sc2n1)CCCC3. The number of aryl methyl sites for hydroxylation is 3. The molecule has 0 radical (unpaired) electrons. The molecule has 1 aliphatic rings. The highest BCUT2D eigenvalue weighted by molar-refractivity contribution is 7.19. The normalized spacial score (nSPS) is 14.4. The molecule has 21 heavy (non-hydrogen) atoms. The van der Waals surface area contributed by atoms with Gasteiger partial charge in [-0.2, -0.15) is 0 Å². The number of rotatable bonds is 2. The first kappa shape index (κ1) is 12.7. The zero-order chi connectivity index (χ0) is 14.4. The average Bonchev–Trinajstić information content (AvgIpc) is 3.09. The van der Waals surface area contributed by atoms with Crippen molar-refractivity contribution in [3.8, 4) is 11.5 Å². The van der Waals surface area contributed by atoms with Crippen LogP contribution in [0, 0.1) is 0 Å². The maximum atomic E-state index is 5.71. The van der Waals surface area contributed by atoms with Gasteiger partial charge in [0, 0.05) is 11.9 Å². The van der Waals surface area contributed by atoms with E-state index in [0.29, 0.717) is 5.82 Å². The summed E-state index contributed by atoms with van der Waals surface area (Å²) in [5, 5.41) is 1.10. The van der Waals surface area contributed by atoms with Crippen molar-refractivity contribution >= 4 is 27.4 Å². The quantitative estimate of drug-likeness (QED) is 0.560. The maximum Gasteiger partial charge on any atom is 0.181 e. The molecule has 1 aliphatic carbocycles. The van der Waals surface area contributed by atoms with Gasteiger partial charge in [-0.25, -0.2) is 20.8 Å². The Labute approximate surface area is 126 Å². The number of nitrogens with one attached hydrogen (secondary N) is 1. The van der Waals surface area contributed by atoms with E-state index < -0.39 is 0 Å². The molecule has 0 bridgehead atoms. The predicted molar refractivity (Wildman–Crippen MR) is 84.1 cm³/mol. The number of hydrazine groups is 1. The fourth-order valence-corrected chi connectivity index (χ4v) is 4.21. The van der Waals surface area contributed by atoms with E-state index in [0.717, 1.165) is 34.6 Å². The second-order valence-corrected chi connectivity index (χ2v) is 6.40. The second kappa shape index (κ2) is 4.78. The second-order valence-electron chi connectivity index (χ2n) is 5.32. The maximum absolute atomic E-state index is 5.71. The van der Waals surface area contributed by atoms with Gasteiger partial charge in [0.1, 0.15) is 10.5 Å². The van der Waals surface area contributed by atoms with Gasteiger partial charge in [0.25, 0.3) is 0 Å². The monoisotopic (exact) mass is 300 g/mol. The number of anilines is 1. The Morgan fingerprint density at radius 1 is 1.29 bits per heavy atom. The lowest BCUT2D eigenvalue weighted by Gasteiger charge is -2.11. The molecule has 0 spiro atoms. The van der Waals surface area contributed by atoms with Crippen LogP contribution in [-0.2, 0) is 19.9 Å². The summed E-state index contributed by atoms with van der Waals surface area (Å²) in [6.45, 7) is 0. The van der Waals surface area contributed by atoms with Crippen LogP contribution in [0.4, 0.5) is 5.82 Å². The van der Waals surface area contributed by atoms with E-state index in [1.54, 1.807) is 23.9 Å². The summed E-state index contributed by atoms with van der Waals surface area (Å²) in [7, 11) is 1.94. The fraction of sp³-hybridized carbons (Fsp3) is 0.357. The fourth-order valence-electron chi connectivity index (χ4n) is 2.95. The Balaban J connectivity index is 1.98. The molecule has 3 aromatic heterocycles. The van der Waals surface area contributed by atoms with Gasteiger partial charge in [-0.05, 0) is 31.2 Å². The summed E-state index contributed by atoms with van der Waals surface area (Å²) in [5.74, 6) is 7.09. The zero-order valence-electron chi connectivity index (χ0n) is 11.8. The highest BCUT2D eigenvalue weighted by atomic mass is 32.1. The Morgan fingerprint density at radius 3 is 2.90 bits per heavy atom. The van der Waals surface area contributed by atoms with Crippen molar-refractivity contribution in [1.29, 1.82) is 0 Å². The highest BCUT2D eigenvalue weighted by Gasteiger charge is 2.21. The largest absolute Gasteiger partial charge is 0.331 e. The highest BCUT2D eigenvalue weighted by Crippen LogP contribution is 2.39. The third-order valence-electron chi connectivity index (χ3n) is 4.00. The summed E-state index contributed by atoms with van der Waals surface area (Å²) >= 11 is 1.77. The molecule has 0 amide bonds. The number of fused-ring (bicyclic) bond motifs is 3. The van der Waals surface area contributed by atoms with Crippen molar-refractivity contribution < 1.29 is 0 Å². The van der Waals surface area contributed by atoms with E-state index in [1.165, 1.54) is 23.3 Å². The molecular formula is C14H16N6S. The van der Waals surface area contributed by atoms with Crippen LogP contribution in [0.5, 0.6) is 0 Å². The van der Waals surface area contributed by atoms with Gasteiger partial charge in [0.05, 0.1) is 17.9 Å². The van der Waals surface area contributed by atoms with E-state index in [9.17, 15) is 0 Å². The van der Waals surface area contributed by atoms with Crippen molar-refractivity contribution in [2.45, 2.75) is 25.7 Å². The minimum absolute atomic E-state index is 0.661. The van der Waals surface area contributed by atoms with Crippen LogP contribution in [0.3, 0.4) is 0 Å². The summed E-state index contributed by atoms with van der Waals surface area (Å²) in [5.41, 5.74) is 5.02. The molecule has 0 saturated heterocycles. The van der Waals surface area contributed by atoms with Crippen molar-refractivity contribution in [2.75, 3.05) is 5.43 Å². The van der Waals surface area contributed by atoms with Gasteiger partial charge < -0.3 is 9.99 Å². The topological polar surface area (TPSA) is 81.7 Å². The predicted octanol–water partition coefficient (Wildman–Crippen LogP) is 2.26. The van der Waals surface area contributed by atoms with Gasteiger partial charge in [-0.3, -0.25) is 0 Å². The summed E-state index contributed by atoms with van der Waals surface area (Å²) in [6.07, 6.45) is 8.24. The average molecular weight is 300 g/mol. The number of imidazole rings is 1. The van der Waals surface area contributed by atoms with Gasteiger partial charge >= 0.3 is 0 Å². The Hall–Kier alpha value is -1.99. The number of nitrogens with two attached hydrogens (primary N) is 1. The number of hydrogen-bond acceptors (Lipinski definition) is 6. The van der Waals surface area contributed by atoms with Crippen molar-refractivity contribution in [2.24, 2.45) is 12.9 Å². The van der Waals surface area contributed by atoms with Crippen LogP contribution in [0.1, 0.15) is 23.3 Å². The third-order valence-corrected chi connectivity index (χ3v) is 5.18. The third kappa shape index (κ3) is 1.92. The van der Waals surface area contributed by atoms with E-state index >= 15 is 0 Å². The molecule has 0 aromatic carbocycles. The molecule has 3 N–H and O–H groups in total. The van der Waals surface area contributed by atoms with Crippen LogP contribution in [0.2, 0.25) is 0 Å². The molecule has 0 saturated carbocycles. The molecule has 3 heterocycles. The molecule has 6 nitrogen and oxygen atoms in total. The van der Waals surface area contributed by atoms with Crippen LogP contribution in [0.15, 0.2) is 12.5 Å². The molecule has 108 valence electrons. The summed E-state index contributed by atoms with van der Waals surface area (Å²) in [6, 6.07) is 0. The minimum Gasteiger partial charge on any atom is -0.331 e. The van der Waals surface area contributed by atoms with Crippen molar-refractivity contribution in [3.05, 3.63) is 23.0 Å². The number of hydrogen-bond donors (Lipinski definition) is 2. The Bertz CT molecular complexity index is 818. The smallest absolute Gasteiger partial charge is 0.181 e. The molecule has 0 fully saturated rings. The number of nitrogens with zero attached hydrogens (tertiary/aromatic N) is 4. The van der Waals surface area contributed by atoms with E-state index in [4.69, 9.17) is 10.8 Å². The number of nitrogen functional groups attached to an aromatic ring is 1. The lowest BCUT2D eigenvalue weighted by Crippen LogP contribution is -2.11. The molecule has 3 aromatic rings. The number of thiophene rings is 1. The van der Waals surface area contributed by atoms with Gasteiger partial charge in [-0.1, -0.05) is 0 Å². The standard InChI is InChI=1S/C14H16N6S/c1-20-7-16-6-9(20)12-17-13(19-15)11-8-4-2-3-5-10(8)21-14(11)18-12/h6-7H,2-5,15H2,1H3,(H,17,18,19). The molecule has 4 rings (SSSR count). The van der Waals surface area contributed by atoms with Crippen LogP contribution in [-0.4, -0.2) is 19.5 Å². The number of aromatic nitrogens is 4. The summed E-state index contributed by atoms with van der Waals surface area (Å²) in [4.78, 5) is 15.9. The van der Waals surface area contributed by atoms with Crippen LogP contribution < -0.4 is 11.3 Å². The first-order valence-electron chi connectivity index (χ1n) is 7.03. The Morgan fingerprint density at radius 2 is 2.14 bits per heavy atom. The molecular weight excluding hydrogens is 284 g/mol. The molecule has 0 aliphatic heterocycles. The van der Waals surface area contributed by atoms with Crippen molar-refractivity contribution in [3.63, 3.8) is 0 Å². The molecule has 7 heteroatoms. The minimum atomic E-state index is 0.661. The van der Waals surface area contributed by atoms with Gasteiger partial charge in [0.2, 0.25) is 0 Å². The van der Waals surface area contributed by atoms with Gasteiger partial charge in [0.15, 0.2) is 11.6 Å². The first-order chi connectivity index (χ1) is 10.3. The van der Waals surface area contributed by atoms with E-state index in [-0.39, 0.29) is 0 Å². The molecule has 0 atom stereocenters. The van der Waals surface area contributed by atoms with Crippen LogP contribution >= 0.6 is 11.3 Å². The van der Waals surface area contributed by atoms with Gasteiger partial charge in [-0.15, -0.1) is 11.3 Å². The summed E-state index contributed by atoms with van der Waals surface area (Å²) < 4.78 is 1.91. The van der Waals surface area contributed by atoms with E-state index in [2.05, 4.69) is 15.4 Å². The van der Waals surface area contributed by atoms with Crippen LogP contribution in [0.25, 0.3) is 21.7 Å².